The number of pyridine rings is 1. The second kappa shape index (κ2) is 6.67. The molecule has 1 heterocycles. The fraction of sp³-hybridized carbons (Fsp3) is 0.250. The molecule has 0 spiro atoms. The van der Waals surface area contributed by atoms with Crippen LogP contribution in [-0.4, -0.2) is 16.7 Å². The Hall–Kier alpha value is -2.18. The first-order chi connectivity index (χ1) is 9.33. The lowest BCUT2D eigenvalue weighted by molar-refractivity contribution is 0.299. The van der Waals surface area contributed by atoms with Crippen molar-refractivity contribution in [3.63, 3.8) is 0 Å². The summed E-state index contributed by atoms with van der Waals surface area (Å²) in [6, 6.07) is 15.9. The molecule has 0 radical (unpaired) electrons. The Kier molecular flexibility index (Phi) is 4.66. The van der Waals surface area contributed by atoms with Crippen LogP contribution in [0.1, 0.15) is 22.7 Å². The molecule has 0 saturated heterocycles. The number of aromatic nitrogens is 1. The van der Waals surface area contributed by atoms with Crippen LogP contribution in [0.3, 0.4) is 0 Å². The van der Waals surface area contributed by atoms with E-state index in [1.807, 2.05) is 42.5 Å². The number of nitrogens with zero attached hydrogens (tertiary/aromatic N) is 2. The Morgan fingerprint density at radius 3 is 2.68 bits per heavy atom. The number of aliphatic hydroxyl groups is 1. The van der Waals surface area contributed by atoms with Crippen LogP contribution < -0.4 is 0 Å². The molecule has 0 saturated carbocycles. The van der Waals surface area contributed by atoms with Crippen molar-refractivity contribution in [1.82, 2.24) is 4.98 Å². The minimum absolute atomic E-state index is 0.144. The van der Waals surface area contributed by atoms with E-state index >= 15 is 0 Å². The Bertz CT molecular complexity index is 560. The highest BCUT2D eigenvalue weighted by Gasteiger charge is 2.12. The first-order valence-corrected chi connectivity index (χ1v) is 6.32. The predicted molar refractivity (Wildman–Crippen MR) is 73.5 cm³/mol. The lowest BCUT2D eigenvalue weighted by Crippen LogP contribution is -2.03. The van der Waals surface area contributed by atoms with Gasteiger partial charge in [-0.25, -0.2) is 0 Å². The number of nitriles is 1. The maximum Gasteiger partial charge on any atom is 0.0924 e. The second-order valence-corrected chi connectivity index (χ2v) is 4.43. The Morgan fingerprint density at radius 1 is 1.16 bits per heavy atom. The standard InChI is InChI=1S/C16H16N2O/c17-12-15(16-6-1-2-8-18-16)11-14-5-3-4-13(10-14)7-9-19/h1-6,8,10,15,19H,7,9,11H2. The summed E-state index contributed by atoms with van der Waals surface area (Å²) in [6.07, 6.45) is 3.00. The molecule has 0 amide bonds. The molecular weight excluding hydrogens is 236 g/mol. The summed E-state index contributed by atoms with van der Waals surface area (Å²) in [6.45, 7) is 0.144. The van der Waals surface area contributed by atoms with Gasteiger partial charge < -0.3 is 5.11 Å². The van der Waals surface area contributed by atoms with Crippen molar-refractivity contribution in [2.45, 2.75) is 18.8 Å². The van der Waals surface area contributed by atoms with Crippen LogP contribution in [0.15, 0.2) is 48.7 Å². The largest absolute Gasteiger partial charge is 0.396 e. The Labute approximate surface area is 113 Å². The topological polar surface area (TPSA) is 56.9 Å². The molecule has 0 fully saturated rings. The zero-order valence-electron chi connectivity index (χ0n) is 10.7. The summed E-state index contributed by atoms with van der Waals surface area (Å²) < 4.78 is 0. The molecule has 3 heteroatoms. The molecule has 1 aromatic heterocycles. The van der Waals surface area contributed by atoms with E-state index in [2.05, 4.69) is 11.1 Å². The van der Waals surface area contributed by atoms with Crippen molar-refractivity contribution in [2.24, 2.45) is 0 Å². The molecule has 1 unspecified atom stereocenters. The van der Waals surface area contributed by atoms with Crippen LogP contribution >= 0.6 is 0 Å². The minimum atomic E-state index is -0.231. The third-order valence-electron chi connectivity index (χ3n) is 3.03. The Balaban J connectivity index is 2.15. The summed E-state index contributed by atoms with van der Waals surface area (Å²) >= 11 is 0. The van der Waals surface area contributed by atoms with Gasteiger partial charge in [-0.3, -0.25) is 4.98 Å². The summed E-state index contributed by atoms with van der Waals surface area (Å²) in [5.41, 5.74) is 3.00. The molecule has 0 aliphatic rings. The van der Waals surface area contributed by atoms with Crippen LogP contribution in [0.2, 0.25) is 0 Å². The molecule has 0 aliphatic heterocycles. The fourth-order valence-electron chi connectivity index (χ4n) is 2.08. The number of hydrogen-bond donors (Lipinski definition) is 1. The SMILES string of the molecule is N#CC(Cc1cccc(CCO)c1)c1ccccn1. The van der Waals surface area contributed by atoms with Crippen LogP contribution in [0.5, 0.6) is 0 Å². The normalized spacial score (nSPS) is 11.8. The summed E-state index contributed by atoms with van der Waals surface area (Å²) in [5, 5.41) is 18.2. The molecule has 3 nitrogen and oxygen atoms in total. The van der Waals surface area contributed by atoms with E-state index in [-0.39, 0.29) is 12.5 Å². The van der Waals surface area contributed by atoms with Gasteiger partial charge in [0, 0.05) is 12.8 Å². The molecule has 0 aliphatic carbocycles. The molecule has 0 bridgehead atoms. The van der Waals surface area contributed by atoms with E-state index < -0.39 is 0 Å². The van der Waals surface area contributed by atoms with Gasteiger partial charge in [0.15, 0.2) is 0 Å². The molecule has 2 rings (SSSR count). The van der Waals surface area contributed by atoms with Gasteiger partial charge in [0.25, 0.3) is 0 Å². The van der Waals surface area contributed by atoms with Crippen LogP contribution in [0.4, 0.5) is 0 Å². The quantitative estimate of drug-likeness (QED) is 0.889. The van der Waals surface area contributed by atoms with Crippen molar-refractivity contribution in [2.75, 3.05) is 6.61 Å². The molecule has 1 atom stereocenters. The highest BCUT2D eigenvalue weighted by atomic mass is 16.2. The molecule has 1 N–H and O–H groups in total. The maximum absolute atomic E-state index is 9.28. The monoisotopic (exact) mass is 252 g/mol. The van der Waals surface area contributed by atoms with E-state index in [4.69, 9.17) is 5.11 Å². The first kappa shape index (κ1) is 13.3. The third kappa shape index (κ3) is 3.64. The number of benzene rings is 1. The van der Waals surface area contributed by atoms with E-state index in [9.17, 15) is 5.26 Å². The van der Waals surface area contributed by atoms with E-state index in [1.165, 1.54) is 0 Å². The van der Waals surface area contributed by atoms with Gasteiger partial charge in [-0.1, -0.05) is 30.3 Å². The lowest BCUT2D eigenvalue weighted by atomic mass is 9.95. The molecule has 1 aromatic carbocycles. The van der Waals surface area contributed by atoms with Gasteiger partial charge in [0.1, 0.15) is 0 Å². The van der Waals surface area contributed by atoms with E-state index in [0.717, 1.165) is 16.8 Å². The average molecular weight is 252 g/mol. The van der Waals surface area contributed by atoms with E-state index in [0.29, 0.717) is 12.8 Å². The number of hydrogen-bond acceptors (Lipinski definition) is 3. The van der Waals surface area contributed by atoms with Gasteiger partial charge in [0.2, 0.25) is 0 Å². The van der Waals surface area contributed by atoms with Gasteiger partial charge in [-0.05, 0) is 36.1 Å². The molecular formula is C16H16N2O. The third-order valence-corrected chi connectivity index (χ3v) is 3.03. The van der Waals surface area contributed by atoms with Crippen molar-refractivity contribution in [3.05, 3.63) is 65.5 Å². The summed E-state index contributed by atoms with van der Waals surface area (Å²) in [7, 11) is 0. The van der Waals surface area contributed by atoms with Gasteiger partial charge in [0.05, 0.1) is 17.7 Å². The zero-order chi connectivity index (χ0) is 13.5. The molecule has 2 aromatic rings. The van der Waals surface area contributed by atoms with Gasteiger partial charge in [-0.15, -0.1) is 0 Å². The highest BCUT2D eigenvalue weighted by Crippen LogP contribution is 2.19. The molecule has 19 heavy (non-hydrogen) atoms. The predicted octanol–water partition coefficient (Wildman–Crippen LogP) is 2.47. The minimum Gasteiger partial charge on any atom is -0.396 e. The smallest absolute Gasteiger partial charge is 0.0924 e. The van der Waals surface area contributed by atoms with Gasteiger partial charge in [-0.2, -0.15) is 5.26 Å². The first-order valence-electron chi connectivity index (χ1n) is 6.32. The second-order valence-electron chi connectivity index (χ2n) is 4.43. The van der Waals surface area contributed by atoms with Crippen LogP contribution in [0, 0.1) is 11.3 Å². The highest BCUT2D eigenvalue weighted by molar-refractivity contribution is 5.28. The Morgan fingerprint density at radius 2 is 2.00 bits per heavy atom. The average Bonchev–Trinajstić information content (AvgIpc) is 2.46. The van der Waals surface area contributed by atoms with Crippen molar-refractivity contribution in [1.29, 1.82) is 5.26 Å². The number of aliphatic hydroxyl groups excluding tert-OH is 1. The lowest BCUT2D eigenvalue weighted by Gasteiger charge is -2.09. The van der Waals surface area contributed by atoms with Crippen LogP contribution in [0.25, 0.3) is 0 Å². The van der Waals surface area contributed by atoms with Crippen molar-refractivity contribution in [3.8, 4) is 6.07 Å². The van der Waals surface area contributed by atoms with Crippen LogP contribution in [-0.2, 0) is 12.8 Å². The summed E-state index contributed by atoms with van der Waals surface area (Å²) in [5.74, 6) is -0.231. The van der Waals surface area contributed by atoms with Gasteiger partial charge >= 0.3 is 0 Å². The fourth-order valence-corrected chi connectivity index (χ4v) is 2.08. The summed E-state index contributed by atoms with van der Waals surface area (Å²) in [4.78, 5) is 4.24. The zero-order valence-corrected chi connectivity index (χ0v) is 10.7. The van der Waals surface area contributed by atoms with Crippen molar-refractivity contribution < 1.29 is 5.11 Å². The van der Waals surface area contributed by atoms with E-state index in [1.54, 1.807) is 6.20 Å². The number of rotatable bonds is 5. The van der Waals surface area contributed by atoms with Crippen molar-refractivity contribution >= 4 is 0 Å². The molecule has 96 valence electrons. The maximum atomic E-state index is 9.28.